The summed E-state index contributed by atoms with van der Waals surface area (Å²) in [6.45, 7) is 0. The van der Waals surface area contributed by atoms with Crippen LogP contribution in [0.4, 0.5) is 4.39 Å². The highest BCUT2D eigenvalue weighted by molar-refractivity contribution is 7.90. The Labute approximate surface area is 117 Å². The van der Waals surface area contributed by atoms with Gasteiger partial charge in [0.2, 0.25) is 0 Å². The molecule has 0 saturated heterocycles. The Hall–Kier alpha value is -1.72. The third-order valence-corrected chi connectivity index (χ3v) is 4.14. The SMILES string of the molecule is CS(=O)(=O)c1ccc(C(O)Cc2cccc(F)c2)cc1. The van der Waals surface area contributed by atoms with E-state index in [1.54, 1.807) is 24.3 Å². The van der Waals surface area contributed by atoms with Gasteiger partial charge in [-0.1, -0.05) is 24.3 Å². The van der Waals surface area contributed by atoms with Gasteiger partial charge in [0.25, 0.3) is 0 Å². The van der Waals surface area contributed by atoms with Crippen LogP contribution in [0.3, 0.4) is 0 Å². The molecule has 0 saturated carbocycles. The number of halogens is 1. The Morgan fingerprint density at radius 1 is 1.15 bits per heavy atom. The molecule has 0 aliphatic carbocycles. The highest BCUT2D eigenvalue weighted by atomic mass is 32.2. The molecule has 2 rings (SSSR count). The van der Waals surface area contributed by atoms with E-state index in [-0.39, 0.29) is 17.1 Å². The van der Waals surface area contributed by atoms with Crippen molar-refractivity contribution in [1.29, 1.82) is 0 Å². The first kappa shape index (κ1) is 14.7. The number of hydrogen-bond donors (Lipinski definition) is 1. The van der Waals surface area contributed by atoms with Crippen LogP contribution in [0.2, 0.25) is 0 Å². The van der Waals surface area contributed by atoms with Crippen molar-refractivity contribution in [3.8, 4) is 0 Å². The second kappa shape index (κ2) is 5.73. The van der Waals surface area contributed by atoms with E-state index in [4.69, 9.17) is 0 Å². The molecule has 0 aromatic heterocycles. The molecule has 0 fully saturated rings. The predicted molar refractivity (Wildman–Crippen MR) is 74.6 cm³/mol. The van der Waals surface area contributed by atoms with Gasteiger partial charge < -0.3 is 5.11 Å². The number of rotatable bonds is 4. The van der Waals surface area contributed by atoms with Gasteiger partial charge in [0.05, 0.1) is 11.0 Å². The fourth-order valence-electron chi connectivity index (χ4n) is 1.94. The van der Waals surface area contributed by atoms with E-state index in [1.165, 1.54) is 24.3 Å². The van der Waals surface area contributed by atoms with E-state index in [0.717, 1.165) is 6.26 Å². The topological polar surface area (TPSA) is 54.4 Å². The van der Waals surface area contributed by atoms with Crippen LogP contribution in [0.25, 0.3) is 0 Å². The minimum atomic E-state index is -3.24. The van der Waals surface area contributed by atoms with Gasteiger partial charge in [-0.05, 0) is 35.4 Å². The summed E-state index contributed by atoms with van der Waals surface area (Å²) < 4.78 is 35.7. The zero-order valence-corrected chi connectivity index (χ0v) is 11.8. The molecule has 0 bridgehead atoms. The molecule has 1 N–H and O–H groups in total. The molecule has 0 spiro atoms. The van der Waals surface area contributed by atoms with Gasteiger partial charge in [-0.3, -0.25) is 0 Å². The van der Waals surface area contributed by atoms with Crippen LogP contribution in [0, 0.1) is 5.82 Å². The van der Waals surface area contributed by atoms with Gasteiger partial charge in [0, 0.05) is 12.7 Å². The van der Waals surface area contributed by atoms with Crippen molar-refractivity contribution in [2.45, 2.75) is 17.4 Å². The van der Waals surface area contributed by atoms with Crippen molar-refractivity contribution in [3.05, 3.63) is 65.5 Å². The number of hydrogen-bond acceptors (Lipinski definition) is 3. The van der Waals surface area contributed by atoms with Crippen LogP contribution >= 0.6 is 0 Å². The zero-order valence-electron chi connectivity index (χ0n) is 11.0. The molecule has 1 unspecified atom stereocenters. The quantitative estimate of drug-likeness (QED) is 0.942. The largest absolute Gasteiger partial charge is 0.388 e. The maximum atomic E-state index is 13.1. The highest BCUT2D eigenvalue weighted by Gasteiger charge is 2.11. The zero-order chi connectivity index (χ0) is 14.8. The molecule has 2 aromatic rings. The average Bonchev–Trinajstić information content (AvgIpc) is 2.38. The fourth-order valence-corrected chi connectivity index (χ4v) is 2.57. The normalized spacial score (nSPS) is 13.2. The van der Waals surface area contributed by atoms with E-state index >= 15 is 0 Å². The third kappa shape index (κ3) is 3.65. The first-order chi connectivity index (χ1) is 9.36. The number of aliphatic hydroxyl groups excluding tert-OH is 1. The van der Waals surface area contributed by atoms with Gasteiger partial charge in [0.15, 0.2) is 9.84 Å². The van der Waals surface area contributed by atoms with Crippen LogP contribution in [-0.4, -0.2) is 19.8 Å². The smallest absolute Gasteiger partial charge is 0.175 e. The predicted octanol–water partition coefficient (Wildman–Crippen LogP) is 2.51. The van der Waals surface area contributed by atoms with E-state index < -0.39 is 15.9 Å². The Kier molecular flexibility index (Phi) is 4.20. The molecular formula is C15H15FO3S. The summed E-state index contributed by atoms with van der Waals surface area (Å²) in [7, 11) is -3.24. The molecule has 1 atom stereocenters. The lowest BCUT2D eigenvalue weighted by Crippen LogP contribution is -2.03. The van der Waals surface area contributed by atoms with E-state index in [0.29, 0.717) is 11.1 Å². The summed E-state index contributed by atoms with van der Waals surface area (Å²) in [6, 6.07) is 12.1. The van der Waals surface area contributed by atoms with E-state index in [2.05, 4.69) is 0 Å². The second-order valence-corrected chi connectivity index (χ2v) is 6.71. The Morgan fingerprint density at radius 2 is 1.80 bits per heavy atom. The minimum Gasteiger partial charge on any atom is -0.388 e. The summed E-state index contributed by atoms with van der Waals surface area (Å²) in [4.78, 5) is 0.208. The van der Waals surface area contributed by atoms with Crippen molar-refractivity contribution in [3.63, 3.8) is 0 Å². The summed E-state index contributed by atoms with van der Waals surface area (Å²) in [5, 5.41) is 10.1. The molecule has 0 radical (unpaired) electrons. The fraction of sp³-hybridized carbons (Fsp3) is 0.200. The summed E-state index contributed by atoms with van der Waals surface area (Å²) in [5.41, 5.74) is 1.28. The van der Waals surface area contributed by atoms with Crippen LogP contribution in [0.5, 0.6) is 0 Å². The lowest BCUT2D eigenvalue weighted by Gasteiger charge is -2.11. The van der Waals surface area contributed by atoms with E-state index in [9.17, 15) is 17.9 Å². The summed E-state index contributed by atoms with van der Waals surface area (Å²) >= 11 is 0. The van der Waals surface area contributed by atoms with Gasteiger partial charge >= 0.3 is 0 Å². The standard InChI is InChI=1S/C15H15FO3S/c1-20(18,19)14-7-5-12(6-8-14)15(17)10-11-3-2-4-13(16)9-11/h2-9,15,17H,10H2,1H3. The van der Waals surface area contributed by atoms with Crippen molar-refractivity contribution in [2.75, 3.05) is 6.26 Å². The highest BCUT2D eigenvalue weighted by Crippen LogP contribution is 2.20. The lowest BCUT2D eigenvalue weighted by atomic mass is 10.0. The molecule has 0 amide bonds. The minimum absolute atomic E-state index is 0.208. The van der Waals surface area contributed by atoms with Crippen LogP contribution in [0.15, 0.2) is 53.4 Å². The molecule has 0 aliphatic rings. The molecule has 2 aromatic carbocycles. The van der Waals surface area contributed by atoms with Gasteiger partial charge in [-0.25, -0.2) is 12.8 Å². The molecule has 20 heavy (non-hydrogen) atoms. The molecule has 0 aliphatic heterocycles. The number of sulfone groups is 1. The average molecular weight is 294 g/mol. The maximum Gasteiger partial charge on any atom is 0.175 e. The lowest BCUT2D eigenvalue weighted by molar-refractivity contribution is 0.178. The Bertz CT molecular complexity index is 693. The van der Waals surface area contributed by atoms with Crippen molar-refractivity contribution in [2.24, 2.45) is 0 Å². The summed E-state index contributed by atoms with van der Waals surface area (Å²) in [6.07, 6.45) is 0.603. The van der Waals surface area contributed by atoms with Crippen molar-refractivity contribution in [1.82, 2.24) is 0 Å². The molecular weight excluding hydrogens is 279 g/mol. The van der Waals surface area contributed by atoms with Crippen LogP contribution in [0.1, 0.15) is 17.2 Å². The molecule has 106 valence electrons. The van der Waals surface area contributed by atoms with Crippen molar-refractivity contribution < 1.29 is 17.9 Å². The number of benzene rings is 2. The molecule has 3 nitrogen and oxygen atoms in total. The molecule has 5 heteroatoms. The Morgan fingerprint density at radius 3 is 2.35 bits per heavy atom. The third-order valence-electron chi connectivity index (χ3n) is 3.01. The maximum absolute atomic E-state index is 13.1. The van der Waals surface area contributed by atoms with Gasteiger partial charge in [0.1, 0.15) is 5.82 Å². The van der Waals surface area contributed by atoms with Gasteiger partial charge in [-0.15, -0.1) is 0 Å². The van der Waals surface area contributed by atoms with Gasteiger partial charge in [-0.2, -0.15) is 0 Å². The van der Waals surface area contributed by atoms with E-state index in [1.807, 2.05) is 0 Å². The monoisotopic (exact) mass is 294 g/mol. The summed E-state index contributed by atoms with van der Waals surface area (Å²) in [5.74, 6) is -0.345. The first-order valence-electron chi connectivity index (χ1n) is 6.09. The number of aliphatic hydroxyl groups is 1. The van der Waals surface area contributed by atoms with Crippen molar-refractivity contribution >= 4 is 9.84 Å². The van der Waals surface area contributed by atoms with Crippen LogP contribution in [-0.2, 0) is 16.3 Å². The first-order valence-corrected chi connectivity index (χ1v) is 7.98. The Balaban J connectivity index is 2.15. The second-order valence-electron chi connectivity index (χ2n) is 4.69. The van der Waals surface area contributed by atoms with Crippen LogP contribution < -0.4 is 0 Å². The molecule has 0 heterocycles.